The van der Waals surface area contributed by atoms with E-state index in [4.69, 9.17) is 9.52 Å². The molecule has 0 saturated heterocycles. The molecule has 0 bridgehead atoms. The van der Waals surface area contributed by atoms with Crippen LogP contribution in [0.3, 0.4) is 0 Å². The van der Waals surface area contributed by atoms with Crippen LogP contribution >= 0.6 is 0 Å². The van der Waals surface area contributed by atoms with Crippen molar-refractivity contribution >= 4 is 17.1 Å². The van der Waals surface area contributed by atoms with E-state index in [1.165, 1.54) is 4.57 Å². The molecule has 0 aliphatic rings. The van der Waals surface area contributed by atoms with Crippen LogP contribution in [0.1, 0.15) is 17.9 Å². The lowest BCUT2D eigenvalue weighted by Crippen LogP contribution is -2.20. The van der Waals surface area contributed by atoms with Crippen LogP contribution in [0.25, 0.3) is 11.1 Å². The molecule has 0 saturated carbocycles. The Hall–Kier alpha value is -2.08. The van der Waals surface area contributed by atoms with E-state index in [2.05, 4.69) is 5.32 Å². The fraction of sp³-hybridized carbons (Fsp3) is 0.385. The summed E-state index contributed by atoms with van der Waals surface area (Å²) in [4.78, 5) is 22.3. The standard InChI is InChI=1S/C13H16N2O4/c1-14-7-9(6-12(16)17)8-3-4-11-10(5-8)15(2)13(18)19-11/h3-5,9,14H,6-7H2,1-2H3,(H,16,17). The second-order valence-electron chi connectivity index (χ2n) is 4.51. The van der Waals surface area contributed by atoms with E-state index in [1.807, 2.05) is 6.07 Å². The number of aliphatic carboxylic acids is 1. The summed E-state index contributed by atoms with van der Waals surface area (Å²) < 4.78 is 6.46. The zero-order chi connectivity index (χ0) is 14.0. The number of nitrogens with one attached hydrogen (secondary N) is 1. The van der Waals surface area contributed by atoms with Gasteiger partial charge in [-0.05, 0) is 24.7 Å². The smallest absolute Gasteiger partial charge is 0.419 e. The van der Waals surface area contributed by atoms with Crippen molar-refractivity contribution in [1.82, 2.24) is 9.88 Å². The number of aromatic nitrogens is 1. The van der Waals surface area contributed by atoms with E-state index < -0.39 is 11.7 Å². The number of aryl methyl sites for hydroxylation is 1. The molecule has 0 spiro atoms. The SMILES string of the molecule is CNCC(CC(=O)O)c1ccc2oc(=O)n(C)c2c1. The number of fused-ring (bicyclic) bond motifs is 1. The molecule has 19 heavy (non-hydrogen) atoms. The molecule has 0 aliphatic carbocycles. The Labute approximate surface area is 109 Å². The summed E-state index contributed by atoms with van der Waals surface area (Å²) in [6.07, 6.45) is 0.0398. The number of carboxylic acids is 1. The normalized spacial score (nSPS) is 12.7. The second kappa shape index (κ2) is 5.27. The molecule has 0 radical (unpaired) electrons. The lowest BCUT2D eigenvalue weighted by Gasteiger charge is -2.14. The highest BCUT2D eigenvalue weighted by molar-refractivity contribution is 5.74. The molecule has 2 N–H and O–H groups in total. The van der Waals surface area contributed by atoms with Gasteiger partial charge in [0.25, 0.3) is 0 Å². The predicted octanol–water partition coefficient (Wildman–Crippen LogP) is 0.909. The number of hydrogen-bond acceptors (Lipinski definition) is 4. The minimum atomic E-state index is -0.846. The molecule has 6 heteroatoms. The van der Waals surface area contributed by atoms with Gasteiger partial charge in [0.05, 0.1) is 11.9 Å². The first-order valence-corrected chi connectivity index (χ1v) is 5.98. The van der Waals surface area contributed by atoms with Crippen molar-refractivity contribution in [3.8, 4) is 0 Å². The van der Waals surface area contributed by atoms with Gasteiger partial charge in [-0.3, -0.25) is 9.36 Å². The van der Waals surface area contributed by atoms with E-state index in [0.29, 0.717) is 17.6 Å². The third-order valence-electron chi connectivity index (χ3n) is 3.16. The van der Waals surface area contributed by atoms with Crippen molar-refractivity contribution in [2.24, 2.45) is 7.05 Å². The zero-order valence-corrected chi connectivity index (χ0v) is 10.8. The van der Waals surface area contributed by atoms with E-state index in [1.54, 1.807) is 26.2 Å². The first kappa shape index (κ1) is 13.4. The van der Waals surface area contributed by atoms with E-state index >= 15 is 0 Å². The monoisotopic (exact) mass is 264 g/mol. The Morgan fingerprint density at radius 3 is 2.89 bits per heavy atom. The van der Waals surface area contributed by atoms with Crippen molar-refractivity contribution in [3.63, 3.8) is 0 Å². The quantitative estimate of drug-likeness (QED) is 0.838. The van der Waals surface area contributed by atoms with Gasteiger partial charge < -0.3 is 14.8 Å². The van der Waals surface area contributed by atoms with Crippen LogP contribution in [0.4, 0.5) is 0 Å². The third-order valence-corrected chi connectivity index (χ3v) is 3.16. The van der Waals surface area contributed by atoms with E-state index in [-0.39, 0.29) is 12.3 Å². The summed E-state index contributed by atoms with van der Waals surface area (Å²) in [6.45, 7) is 0.559. The molecule has 1 unspecified atom stereocenters. The second-order valence-corrected chi connectivity index (χ2v) is 4.51. The topological polar surface area (TPSA) is 84.5 Å². The molecule has 2 aromatic rings. The molecule has 2 rings (SSSR count). The van der Waals surface area contributed by atoms with Crippen LogP contribution in [-0.2, 0) is 11.8 Å². The molecule has 0 aliphatic heterocycles. The largest absolute Gasteiger partial charge is 0.481 e. The molecule has 1 atom stereocenters. The van der Waals surface area contributed by atoms with Gasteiger partial charge in [0.15, 0.2) is 5.58 Å². The van der Waals surface area contributed by atoms with Gasteiger partial charge in [-0.1, -0.05) is 6.07 Å². The fourth-order valence-corrected chi connectivity index (χ4v) is 2.16. The molecular weight excluding hydrogens is 248 g/mol. The molecule has 1 heterocycles. The Kier molecular flexibility index (Phi) is 3.71. The molecule has 0 amide bonds. The molecule has 6 nitrogen and oxygen atoms in total. The highest BCUT2D eigenvalue weighted by atomic mass is 16.4. The van der Waals surface area contributed by atoms with Crippen LogP contribution in [0.2, 0.25) is 0 Å². The first-order valence-electron chi connectivity index (χ1n) is 5.98. The summed E-state index contributed by atoms with van der Waals surface area (Å²) in [7, 11) is 3.41. The molecule has 102 valence electrons. The minimum Gasteiger partial charge on any atom is -0.481 e. The van der Waals surface area contributed by atoms with Crippen molar-refractivity contribution in [1.29, 1.82) is 0 Å². The Morgan fingerprint density at radius 2 is 2.26 bits per heavy atom. The summed E-state index contributed by atoms with van der Waals surface area (Å²) in [5.41, 5.74) is 2.06. The number of oxazole rings is 1. The van der Waals surface area contributed by atoms with Crippen molar-refractivity contribution in [3.05, 3.63) is 34.3 Å². The van der Waals surface area contributed by atoms with Crippen LogP contribution in [0.15, 0.2) is 27.4 Å². The minimum absolute atomic E-state index is 0.0398. The fourth-order valence-electron chi connectivity index (χ4n) is 2.16. The molecule has 1 aromatic heterocycles. The number of carboxylic acid groups (broad SMARTS) is 1. The van der Waals surface area contributed by atoms with Crippen LogP contribution in [0, 0.1) is 0 Å². The van der Waals surface area contributed by atoms with E-state index in [0.717, 1.165) is 5.56 Å². The van der Waals surface area contributed by atoms with Gasteiger partial charge in [-0.15, -0.1) is 0 Å². The number of nitrogens with zero attached hydrogens (tertiary/aromatic N) is 1. The number of hydrogen-bond donors (Lipinski definition) is 2. The third kappa shape index (κ3) is 2.68. The first-order chi connectivity index (χ1) is 9.02. The summed E-state index contributed by atoms with van der Waals surface area (Å²) in [5, 5.41) is 11.9. The van der Waals surface area contributed by atoms with Crippen molar-refractivity contribution < 1.29 is 14.3 Å². The highest BCUT2D eigenvalue weighted by Crippen LogP contribution is 2.23. The zero-order valence-electron chi connectivity index (χ0n) is 10.8. The Bertz CT molecular complexity index is 656. The van der Waals surface area contributed by atoms with Crippen LogP contribution in [-0.4, -0.2) is 29.2 Å². The average molecular weight is 264 g/mol. The molecular formula is C13H16N2O4. The van der Waals surface area contributed by atoms with Gasteiger partial charge in [0.2, 0.25) is 0 Å². The van der Waals surface area contributed by atoms with Crippen molar-refractivity contribution in [2.45, 2.75) is 12.3 Å². The molecule has 1 aromatic carbocycles. The highest BCUT2D eigenvalue weighted by Gasteiger charge is 2.16. The summed E-state index contributed by atoms with van der Waals surface area (Å²) in [6, 6.07) is 5.32. The number of carbonyl (C=O) groups is 1. The average Bonchev–Trinajstić information content (AvgIpc) is 2.64. The van der Waals surface area contributed by atoms with Gasteiger partial charge in [0, 0.05) is 19.5 Å². The van der Waals surface area contributed by atoms with Crippen LogP contribution in [0.5, 0.6) is 0 Å². The van der Waals surface area contributed by atoms with Gasteiger partial charge in [-0.2, -0.15) is 0 Å². The number of benzene rings is 1. The Morgan fingerprint density at radius 1 is 1.53 bits per heavy atom. The lowest BCUT2D eigenvalue weighted by atomic mass is 9.95. The maximum Gasteiger partial charge on any atom is 0.419 e. The van der Waals surface area contributed by atoms with Gasteiger partial charge >= 0.3 is 11.7 Å². The Balaban J connectivity index is 2.44. The number of rotatable bonds is 5. The maximum absolute atomic E-state index is 11.4. The van der Waals surface area contributed by atoms with E-state index in [9.17, 15) is 9.59 Å². The molecule has 0 fully saturated rings. The lowest BCUT2D eigenvalue weighted by molar-refractivity contribution is -0.137. The van der Waals surface area contributed by atoms with Crippen LogP contribution < -0.4 is 11.1 Å². The predicted molar refractivity (Wildman–Crippen MR) is 70.4 cm³/mol. The van der Waals surface area contributed by atoms with Gasteiger partial charge in [0.1, 0.15) is 0 Å². The summed E-state index contributed by atoms with van der Waals surface area (Å²) in [5.74, 6) is -1.41. The summed E-state index contributed by atoms with van der Waals surface area (Å²) >= 11 is 0. The van der Waals surface area contributed by atoms with Gasteiger partial charge in [-0.25, -0.2) is 4.79 Å². The van der Waals surface area contributed by atoms with Crippen molar-refractivity contribution in [2.75, 3.05) is 13.6 Å². The maximum atomic E-state index is 11.4. The number of likely N-dealkylation sites (N-methyl/N-ethyl adjacent to an activating group) is 1.